The average Bonchev–Trinajstić information content (AvgIpc) is 2.66. The van der Waals surface area contributed by atoms with E-state index in [4.69, 9.17) is 60.3 Å². The number of aromatic nitrogens is 1. The number of esters is 1. The third-order valence-corrected chi connectivity index (χ3v) is 5.25. The first-order valence-electron chi connectivity index (χ1n) is 7.29. The fraction of sp³-hybridized carbons (Fsp3) is 0.118. The number of hydrogen-bond donors (Lipinski definition) is 0. The van der Waals surface area contributed by atoms with Gasteiger partial charge in [-0.15, -0.1) is 0 Å². The Morgan fingerprint density at radius 1 is 1.11 bits per heavy atom. The highest BCUT2D eigenvalue weighted by atomic mass is 35.5. The highest BCUT2D eigenvalue weighted by Gasteiger charge is 2.22. The van der Waals surface area contributed by atoms with Crippen molar-refractivity contribution in [2.75, 3.05) is 7.11 Å². The van der Waals surface area contributed by atoms with Gasteiger partial charge in [-0.2, -0.15) is 0 Å². The zero-order chi connectivity index (χ0) is 19.7. The normalized spacial score (nSPS) is 10.9. The minimum atomic E-state index is -0.879. The van der Waals surface area contributed by atoms with Crippen LogP contribution in [-0.2, 0) is 11.3 Å². The average molecular weight is 449 g/mol. The predicted octanol–water partition coefficient (Wildman–Crippen LogP) is 5.17. The van der Waals surface area contributed by atoms with Crippen LogP contribution in [0.5, 0.6) is 5.75 Å². The molecule has 1 aromatic carbocycles. The van der Waals surface area contributed by atoms with Crippen LogP contribution in [0.4, 0.5) is 0 Å². The molecule has 0 saturated carbocycles. The summed E-state index contributed by atoms with van der Waals surface area (Å²) in [5, 5.41) is 0.0345. The van der Waals surface area contributed by atoms with E-state index in [0.29, 0.717) is 22.3 Å². The summed E-state index contributed by atoms with van der Waals surface area (Å²) in [7, 11) is 1.49. The molecule has 0 aliphatic rings. The van der Waals surface area contributed by atoms with Gasteiger partial charge in [0.25, 0.3) is 0 Å². The number of nitrogens with zero attached hydrogens (tertiary/aromatic N) is 1. The fourth-order valence-electron chi connectivity index (χ4n) is 2.29. The maximum absolute atomic E-state index is 12.3. The van der Waals surface area contributed by atoms with Crippen molar-refractivity contribution < 1.29 is 18.7 Å². The number of methoxy groups -OCH3 is 1. The molecule has 6 nitrogen and oxygen atoms in total. The molecule has 0 unspecified atom stereocenters. The van der Waals surface area contributed by atoms with Crippen LogP contribution in [0, 0.1) is 0 Å². The first kappa shape index (κ1) is 19.8. The molecule has 3 rings (SSSR count). The molecule has 10 heteroatoms. The number of hydrogen-bond acceptors (Lipinski definition) is 6. The van der Waals surface area contributed by atoms with Gasteiger partial charge in [0.05, 0.1) is 22.2 Å². The maximum Gasteiger partial charge on any atom is 0.358 e. The third kappa shape index (κ3) is 3.99. The van der Waals surface area contributed by atoms with Gasteiger partial charge in [-0.3, -0.25) is 0 Å². The molecular weight excluding hydrogens is 440 g/mol. The predicted molar refractivity (Wildman–Crippen MR) is 102 cm³/mol. The van der Waals surface area contributed by atoms with Gasteiger partial charge in [-0.1, -0.05) is 46.4 Å². The molecule has 0 N–H and O–H groups in total. The number of carbonyl (C=O) groups is 1. The SMILES string of the molecule is COc1ccc2c(COC(=O)c3nc(Cl)c(Cl)c(Cl)c3Cl)cc(=O)oc2c1. The van der Waals surface area contributed by atoms with E-state index in [2.05, 4.69) is 4.98 Å². The zero-order valence-electron chi connectivity index (χ0n) is 13.5. The van der Waals surface area contributed by atoms with Crippen LogP contribution >= 0.6 is 46.4 Å². The standard InChI is InChI=1S/C17H9Cl4NO5/c1-25-8-2-3-9-7(4-11(23)27-10(9)5-8)6-26-17(24)15-13(19)12(18)14(20)16(21)22-15/h2-5H,6H2,1H3. The highest BCUT2D eigenvalue weighted by molar-refractivity contribution is 6.52. The quantitative estimate of drug-likeness (QED) is 0.311. The van der Waals surface area contributed by atoms with Gasteiger partial charge in [-0.05, 0) is 12.1 Å². The molecule has 0 aliphatic carbocycles. The molecule has 27 heavy (non-hydrogen) atoms. The smallest absolute Gasteiger partial charge is 0.358 e. The molecule has 0 atom stereocenters. The molecule has 0 saturated heterocycles. The second-order valence-electron chi connectivity index (χ2n) is 5.22. The van der Waals surface area contributed by atoms with Crippen molar-refractivity contribution in [2.24, 2.45) is 0 Å². The van der Waals surface area contributed by atoms with Crippen molar-refractivity contribution in [1.29, 1.82) is 0 Å². The molecule has 0 bridgehead atoms. The van der Waals surface area contributed by atoms with Gasteiger partial charge in [-0.25, -0.2) is 14.6 Å². The summed E-state index contributed by atoms with van der Waals surface area (Å²) >= 11 is 23.5. The van der Waals surface area contributed by atoms with Crippen molar-refractivity contribution in [3.63, 3.8) is 0 Å². The largest absolute Gasteiger partial charge is 0.497 e. The number of pyridine rings is 1. The van der Waals surface area contributed by atoms with Gasteiger partial charge in [0, 0.05) is 23.1 Å². The van der Waals surface area contributed by atoms with E-state index in [1.54, 1.807) is 18.2 Å². The van der Waals surface area contributed by atoms with E-state index in [-0.39, 0.29) is 32.5 Å². The third-order valence-electron chi connectivity index (χ3n) is 3.57. The summed E-state index contributed by atoms with van der Waals surface area (Å²) in [4.78, 5) is 27.9. The lowest BCUT2D eigenvalue weighted by atomic mass is 10.1. The lowest BCUT2D eigenvalue weighted by Gasteiger charge is -2.10. The van der Waals surface area contributed by atoms with E-state index in [1.165, 1.54) is 13.2 Å². The second kappa shape index (κ2) is 7.94. The van der Waals surface area contributed by atoms with Gasteiger partial charge in [0.15, 0.2) is 5.69 Å². The van der Waals surface area contributed by atoms with Crippen LogP contribution < -0.4 is 10.4 Å². The summed E-state index contributed by atoms with van der Waals surface area (Å²) in [5.41, 5.74) is -0.165. The van der Waals surface area contributed by atoms with Crippen molar-refractivity contribution in [2.45, 2.75) is 6.61 Å². The Kier molecular flexibility index (Phi) is 5.81. The first-order chi connectivity index (χ1) is 12.8. The highest BCUT2D eigenvalue weighted by Crippen LogP contribution is 2.36. The number of ether oxygens (including phenoxy) is 2. The summed E-state index contributed by atoms with van der Waals surface area (Å²) in [5.74, 6) is -0.364. The molecule has 140 valence electrons. The van der Waals surface area contributed by atoms with Crippen LogP contribution in [0.25, 0.3) is 11.0 Å². The number of rotatable bonds is 4. The molecule has 2 heterocycles. The molecule has 0 aliphatic heterocycles. The monoisotopic (exact) mass is 447 g/mol. The molecule has 0 fully saturated rings. The summed E-state index contributed by atoms with van der Waals surface area (Å²) < 4.78 is 15.4. The molecule has 0 spiro atoms. The molecule has 2 aromatic heterocycles. The number of benzene rings is 1. The lowest BCUT2D eigenvalue weighted by molar-refractivity contribution is 0.0467. The first-order valence-corrected chi connectivity index (χ1v) is 8.81. The Labute approximate surface area is 172 Å². The van der Waals surface area contributed by atoms with Crippen molar-refractivity contribution >= 4 is 63.3 Å². The van der Waals surface area contributed by atoms with Crippen LogP contribution in [0.3, 0.4) is 0 Å². The maximum atomic E-state index is 12.3. The Hall–Kier alpha value is -1.99. The number of halogens is 4. The molecule has 0 amide bonds. The van der Waals surface area contributed by atoms with E-state index in [0.717, 1.165) is 0 Å². The minimum Gasteiger partial charge on any atom is -0.497 e. The summed E-state index contributed by atoms with van der Waals surface area (Å²) in [6, 6.07) is 6.14. The Morgan fingerprint density at radius 2 is 1.85 bits per heavy atom. The summed E-state index contributed by atoms with van der Waals surface area (Å²) in [6.07, 6.45) is 0. The lowest BCUT2D eigenvalue weighted by Crippen LogP contribution is -2.10. The fourth-order valence-corrected chi connectivity index (χ4v) is 3.10. The van der Waals surface area contributed by atoms with Crippen LogP contribution in [0.2, 0.25) is 20.2 Å². The van der Waals surface area contributed by atoms with Crippen molar-refractivity contribution in [1.82, 2.24) is 4.98 Å². The van der Waals surface area contributed by atoms with Crippen LogP contribution in [0.1, 0.15) is 16.1 Å². The minimum absolute atomic E-state index is 0.0690. The Bertz CT molecular complexity index is 1110. The number of carbonyl (C=O) groups excluding carboxylic acids is 1. The topological polar surface area (TPSA) is 78.6 Å². The van der Waals surface area contributed by atoms with Gasteiger partial charge in [0.2, 0.25) is 0 Å². The Morgan fingerprint density at radius 3 is 2.56 bits per heavy atom. The zero-order valence-corrected chi connectivity index (χ0v) is 16.5. The Balaban J connectivity index is 1.91. The molecule has 0 radical (unpaired) electrons. The van der Waals surface area contributed by atoms with E-state index in [1.807, 2.05) is 0 Å². The number of fused-ring (bicyclic) bond motifs is 1. The summed E-state index contributed by atoms with van der Waals surface area (Å²) in [6.45, 7) is -0.233. The van der Waals surface area contributed by atoms with E-state index < -0.39 is 11.6 Å². The van der Waals surface area contributed by atoms with Crippen LogP contribution in [0.15, 0.2) is 33.5 Å². The van der Waals surface area contributed by atoms with Gasteiger partial charge < -0.3 is 13.9 Å². The second-order valence-corrected chi connectivity index (χ2v) is 6.71. The van der Waals surface area contributed by atoms with Crippen molar-refractivity contribution in [3.8, 4) is 5.75 Å². The van der Waals surface area contributed by atoms with E-state index in [9.17, 15) is 9.59 Å². The van der Waals surface area contributed by atoms with Crippen LogP contribution in [-0.4, -0.2) is 18.1 Å². The molecular formula is C17H9Cl4NO5. The van der Waals surface area contributed by atoms with E-state index >= 15 is 0 Å². The van der Waals surface area contributed by atoms with Crippen molar-refractivity contribution in [3.05, 3.63) is 66.2 Å². The van der Waals surface area contributed by atoms with Gasteiger partial charge in [0.1, 0.15) is 23.1 Å². The molecule has 3 aromatic rings. The van der Waals surface area contributed by atoms with Gasteiger partial charge >= 0.3 is 11.6 Å².